The molecule has 0 saturated heterocycles. The number of alkyl halides is 2. The second-order valence-corrected chi connectivity index (χ2v) is 8.85. The van der Waals surface area contributed by atoms with Crippen molar-refractivity contribution >= 4 is 34.2 Å². The zero-order valence-corrected chi connectivity index (χ0v) is 18.6. The van der Waals surface area contributed by atoms with Crippen LogP contribution in [0.5, 0.6) is 0 Å². The van der Waals surface area contributed by atoms with Crippen molar-refractivity contribution in [3.63, 3.8) is 0 Å². The Morgan fingerprint density at radius 3 is 2.69 bits per heavy atom. The maximum Gasteiger partial charge on any atom is 0.248 e. The topological polar surface area (TPSA) is 83.6 Å². The molecular formula is C23H24ClF2N5O. The van der Waals surface area contributed by atoms with Crippen molar-refractivity contribution in [2.75, 3.05) is 5.32 Å². The first-order valence-corrected chi connectivity index (χ1v) is 10.9. The summed E-state index contributed by atoms with van der Waals surface area (Å²) in [6, 6.07) is 3.40. The van der Waals surface area contributed by atoms with Gasteiger partial charge < -0.3 is 10.3 Å². The van der Waals surface area contributed by atoms with Crippen molar-refractivity contribution in [2.45, 2.75) is 51.9 Å². The van der Waals surface area contributed by atoms with E-state index in [1.807, 2.05) is 13.8 Å². The zero-order valence-electron chi connectivity index (χ0n) is 17.9. The van der Waals surface area contributed by atoms with Gasteiger partial charge in [0, 0.05) is 30.9 Å². The molecule has 3 aromatic heterocycles. The largest absolute Gasteiger partial charge is 0.346 e. The molecule has 0 radical (unpaired) electrons. The van der Waals surface area contributed by atoms with Gasteiger partial charge in [-0.05, 0) is 51.2 Å². The van der Waals surface area contributed by atoms with E-state index in [-0.39, 0.29) is 35.3 Å². The summed E-state index contributed by atoms with van der Waals surface area (Å²) in [6.07, 6.45) is 6.12. The van der Waals surface area contributed by atoms with E-state index in [0.717, 1.165) is 5.57 Å². The van der Waals surface area contributed by atoms with Crippen molar-refractivity contribution < 1.29 is 13.6 Å². The Hall–Kier alpha value is -2.87. The first-order valence-electron chi connectivity index (χ1n) is 10.5. The lowest BCUT2D eigenvalue weighted by atomic mass is 9.84. The third-order valence-corrected chi connectivity index (χ3v) is 5.99. The number of carbonyl (C=O) groups excluding carboxylic acids is 1. The molecule has 1 aliphatic carbocycles. The molecule has 1 fully saturated rings. The highest BCUT2D eigenvalue weighted by Gasteiger charge is 2.35. The number of pyridine rings is 1. The van der Waals surface area contributed by atoms with Gasteiger partial charge in [0.2, 0.25) is 5.92 Å². The summed E-state index contributed by atoms with van der Waals surface area (Å²) in [7, 11) is 0. The molecule has 4 rings (SSSR count). The number of ketones is 1. The Morgan fingerprint density at radius 2 is 2.00 bits per heavy atom. The van der Waals surface area contributed by atoms with Gasteiger partial charge in [0.15, 0.2) is 5.78 Å². The number of aromatic amines is 1. The Labute approximate surface area is 189 Å². The van der Waals surface area contributed by atoms with E-state index in [4.69, 9.17) is 11.6 Å². The number of nitrogens with zero attached hydrogens (tertiary/aromatic N) is 3. The third kappa shape index (κ3) is 4.80. The summed E-state index contributed by atoms with van der Waals surface area (Å²) in [6.45, 7) is 3.89. The highest BCUT2D eigenvalue weighted by Crippen LogP contribution is 2.37. The third-order valence-electron chi connectivity index (χ3n) is 5.70. The quantitative estimate of drug-likeness (QED) is 0.352. The number of H-pyrrole nitrogens is 1. The molecule has 1 saturated carbocycles. The number of anilines is 1. The molecule has 0 atom stereocenters. The van der Waals surface area contributed by atoms with E-state index in [1.165, 1.54) is 6.33 Å². The average molecular weight is 460 g/mol. The molecule has 6 nitrogen and oxygen atoms in total. The Kier molecular flexibility index (Phi) is 6.24. The molecule has 2 N–H and O–H groups in total. The van der Waals surface area contributed by atoms with Gasteiger partial charge in [0.05, 0.1) is 16.5 Å². The van der Waals surface area contributed by atoms with Gasteiger partial charge in [-0.2, -0.15) is 0 Å². The molecule has 0 spiro atoms. The summed E-state index contributed by atoms with van der Waals surface area (Å²) in [4.78, 5) is 29.1. The number of hydrogen-bond acceptors (Lipinski definition) is 5. The summed E-state index contributed by atoms with van der Waals surface area (Å²) in [5.74, 6) is -2.20. The first kappa shape index (κ1) is 22.3. The highest BCUT2D eigenvalue weighted by atomic mass is 35.5. The molecule has 32 heavy (non-hydrogen) atoms. The summed E-state index contributed by atoms with van der Waals surface area (Å²) >= 11 is 6.38. The van der Waals surface area contributed by atoms with Gasteiger partial charge in [0.25, 0.3) is 0 Å². The molecule has 9 heteroatoms. The lowest BCUT2D eigenvalue weighted by Gasteiger charge is -2.28. The Morgan fingerprint density at radius 1 is 1.25 bits per heavy atom. The minimum Gasteiger partial charge on any atom is -0.346 e. The molecule has 0 amide bonds. The van der Waals surface area contributed by atoms with Crippen LogP contribution in [0.3, 0.4) is 0 Å². The fraction of sp³-hybridized carbons (Fsp3) is 0.391. The molecular weight excluding hydrogens is 436 g/mol. The van der Waals surface area contributed by atoms with Crippen LogP contribution < -0.4 is 5.32 Å². The molecule has 0 aromatic carbocycles. The summed E-state index contributed by atoms with van der Waals surface area (Å²) in [5.41, 5.74) is 2.93. The fourth-order valence-electron chi connectivity index (χ4n) is 3.96. The fourth-order valence-corrected chi connectivity index (χ4v) is 4.22. The van der Waals surface area contributed by atoms with E-state index < -0.39 is 5.92 Å². The summed E-state index contributed by atoms with van der Waals surface area (Å²) in [5, 5.41) is 3.77. The molecule has 0 unspecified atom stereocenters. The van der Waals surface area contributed by atoms with Gasteiger partial charge in [-0.1, -0.05) is 17.2 Å². The number of aromatic nitrogens is 4. The molecule has 3 heterocycles. The smallest absolute Gasteiger partial charge is 0.248 e. The molecule has 168 valence electrons. The highest BCUT2D eigenvalue weighted by molar-refractivity contribution is 6.34. The SMILES string of the molecule is CC(C)=CNc1ncnc2[nH]cc(C(=O)c3ccc(CC4CCC(F)(F)CC4)nc3Cl)c12. The molecule has 0 aliphatic heterocycles. The van der Waals surface area contributed by atoms with Gasteiger partial charge in [0.1, 0.15) is 22.9 Å². The van der Waals surface area contributed by atoms with E-state index in [1.54, 1.807) is 24.5 Å². The summed E-state index contributed by atoms with van der Waals surface area (Å²) < 4.78 is 26.8. The second-order valence-electron chi connectivity index (χ2n) is 8.49. The van der Waals surface area contributed by atoms with Gasteiger partial charge >= 0.3 is 0 Å². The number of rotatable bonds is 6. The van der Waals surface area contributed by atoms with Crippen LogP contribution in [0.25, 0.3) is 11.0 Å². The Balaban J connectivity index is 1.57. The van der Waals surface area contributed by atoms with Crippen molar-refractivity contribution in [1.29, 1.82) is 0 Å². The van der Waals surface area contributed by atoms with Crippen LogP contribution in [0.4, 0.5) is 14.6 Å². The van der Waals surface area contributed by atoms with Crippen molar-refractivity contribution in [1.82, 2.24) is 19.9 Å². The standard InChI is InChI=1S/C23H24ClF2N5O/c1-13(2)10-27-21-18-17(11-28-22(18)30-12-29-21)19(32)16-4-3-15(31-20(16)24)9-14-5-7-23(25,26)8-6-14/h3-4,10-12,14H,5-9H2,1-2H3,(H2,27,28,29,30). The lowest BCUT2D eigenvalue weighted by molar-refractivity contribution is -0.0457. The van der Waals surface area contributed by atoms with Crippen molar-refractivity contribution in [3.05, 3.63) is 58.4 Å². The maximum atomic E-state index is 13.4. The van der Waals surface area contributed by atoms with Crippen LogP contribution in [-0.2, 0) is 6.42 Å². The van der Waals surface area contributed by atoms with E-state index in [9.17, 15) is 13.6 Å². The van der Waals surface area contributed by atoms with E-state index in [2.05, 4.69) is 25.3 Å². The minimum absolute atomic E-state index is 0.0896. The van der Waals surface area contributed by atoms with Crippen LogP contribution in [0.2, 0.25) is 5.15 Å². The molecule has 0 bridgehead atoms. The van der Waals surface area contributed by atoms with Gasteiger partial charge in [-0.3, -0.25) is 4.79 Å². The first-order chi connectivity index (χ1) is 15.2. The number of halogens is 3. The molecule has 1 aliphatic rings. The van der Waals surface area contributed by atoms with Crippen molar-refractivity contribution in [3.8, 4) is 0 Å². The van der Waals surface area contributed by atoms with Gasteiger partial charge in [-0.25, -0.2) is 23.7 Å². The second kappa shape index (κ2) is 8.94. The van der Waals surface area contributed by atoms with Crippen LogP contribution >= 0.6 is 11.6 Å². The van der Waals surface area contributed by atoms with Crippen LogP contribution in [0, 0.1) is 5.92 Å². The van der Waals surface area contributed by atoms with Crippen LogP contribution in [-0.4, -0.2) is 31.6 Å². The number of nitrogens with one attached hydrogen (secondary N) is 2. The number of fused-ring (bicyclic) bond motifs is 1. The number of hydrogen-bond donors (Lipinski definition) is 2. The van der Waals surface area contributed by atoms with Crippen LogP contribution in [0.15, 0.2) is 36.4 Å². The van der Waals surface area contributed by atoms with Crippen molar-refractivity contribution in [2.24, 2.45) is 5.92 Å². The van der Waals surface area contributed by atoms with E-state index >= 15 is 0 Å². The lowest BCUT2D eigenvalue weighted by Crippen LogP contribution is -2.25. The van der Waals surface area contributed by atoms with Gasteiger partial charge in [-0.15, -0.1) is 0 Å². The Bertz CT molecular complexity index is 1180. The monoisotopic (exact) mass is 459 g/mol. The molecule has 3 aromatic rings. The van der Waals surface area contributed by atoms with E-state index in [0.29, 0.717) is 47.4 Å². The maximum absolute atomic E-state index is 13.4. The normalized spacial score (nSPS) is 16.2. The number of allylic oxidation sites excluding steroid dienone is 1. The number of carbonyl (C=O) groups is 1. The van der Waals surface area contributed by atoms with Crippen LogP contribution in [0.1, 0.15) is 61.1 Å². The zero-order chi connectivity index (χ0) is 22.9. The minimum atomic E-state index is -2.56. The predicted molar refractivity (Wildman–Crippen MR) is 120 cm³/mol. The average Bonchev–Trinajstić information content (AvgIpc) is 3.18. The predicted octanol–water partition coefficient (Wildman–Crippen LogP) is 5.94.